The second-order valence-electron chi connectivity index (χ2n) is 3.43. The normalized spacial score (nSPS) is 10.9. The number of aromatic nitrogens is 1. The number of carbonyl (C=O) groups excluding carboxylic acids is 1. The number of nitrogens with zero attached hydrogens (tertiary/aromatic N) is 1. The minimum atomic E-state index is -0.249. The maximum atomic E-state index is 11.6. The van der Waals surface area contributed by atoms with E-state index in [4.69, 9.17) is 4.74 Å². The number of hydrogen-bond donors (Lipinski definition) is 0. The molecule has 2 aromatic heterocycles. The van der Waals surface area contributed by atoms with Gasteiger partial charge >= 0.3 is 5.97 Å². The molecule has 80 valence electrons. The van der Waals surface area contributed by atoms with Crippen molar-refractivity contribution in [1.29, 1.82) is 0 Å². The SMILES string of the molecule is CCOC(=O)c1cc2cc(C)sc2n1C. The highest BCUT2D eigenvalue weighted by Crippen LogP contribution is 2.27. The van der Waals surface area contributed by atoms with Gasteiger partial charge < -0.3 is 9.30 Å². The number of ether oxygens (including phenoxy) is 1. The highest BCUT2D eigenvalue weighted by Gasteiger charge is 2.15. The van der Waals surface area contributed by atoms with Gasteiger partial charge in [-0.25, -0.2) is 4.79 Å². The summed E-state index contributed by atoms with van der Waals surface area (Å²) in [5.41, 5.74) is 0.623. The topological polar surface area (TPSA) is 31.2 Å². The first-order valence-electron chi connectivity index (χ1n) is 4.86. The first kappa shape index (κ1) is 10.2. The van der Waals surface area contributed by atoms with E-state index in [0.717, 1.165) is 10.2 Å². The van der Waals surface area contributed by atoms with E-state index in [1.165, 1.54) is 4.88 Å². The Hall–Kier alpha value is -1.29. The van der Waals surface area contributed by atoms with Crippen molar-refractivity contribution >= 4 is 27.5 Å². The average Bonchev–Trinajstić information content (AvgIpc) is 2.66. The fourth-order valence-corrected chi connectivity index (χ4v) is 2.60. The van der Waals surface area contributed by atoms with Crippen molar-refractivity contribution in [3.8, 4) is 0 Å². The van der Waals surface area contributed by atoms with Gasteiger partial charge in [-0.2, -0.15) is 0 Å². The minimum Gasteiger partial charge on any atom is -0.461 e. The Balaban J connectivity index is 2.49. The molecule has 3 nitrogen and oxygen atoms in total. The Morgan fingerprint density at radius 1 is 1.53 bits per heavy atom. The van der Waals surface area contributed by atoms with Crippen molar-refractivity contribution in [2.24, 2.45) is 7.05 Å². The summed E-state index contributed by atoms with van der Waals surface area (Å²) in [6.07, 6.45) is 0. The maximum absolute atomic E-state index is 11.6. The van der Waals surface area contributed by atoms with E-state index in [1.807, 2.05) is 24.6 Å². The standard InChI is InChI=1S/C11H13NO2S/c1-4-14-11(13)9-6-8-5-7(2)15-10(8)12(9)3/h5-6H,4H2,1-3H3. The van der Waals surface area contributed by atoms with E-state index in [0.29, 0.717) is 12.3 Å². The van der Waals surface area contributed by atoms with E-state index in [-0.39, 0.29) is 5.97 Å². The molecule has 0 fully saturated rings. The number of rotatable bonds is 2. The lowest BCUT2D eigenvalue weighted by Crippen LogP contribution is -2.09. The molecule has 0 spiro atoms. The van der Waals surface area contributed by atoms with Crippen molar-refractivity contribution in [2.75, 3.05) is 6.61 Å². The summed E-state index contributed by atoms with van der Waals surface area (Å²) < 4.78 is 6.88. The molecule has 0 aliphatic rings. The zero-order valence-corrected chi connectivity index (χ0v) is 9.85. The van der Waals surface area contributed by atoms with Gasteiger partial charge in [0.1, 0.15) is 10.5 Å². The first-order chi connectivity index (χ1) is 7.13. The number of esters is 1. The van der Waals surface area contributed by atoms with E-state index in [9.17, 15) is 4.79 Å². The molecular weight excluding hydrogens is 210 g/mol. The second-order valence-corrected chi connectivity index (χ2v) is 4.66. The number of thiophene rings is 1. The summed E-state index contributed by atoms with van der Waals surface area (Å²) in [6.45, 7) is 4.29. The highest BCUT2D eigenvalue weighted by molar-refractivity contribution is 7.18. The molecule has 0 aromatic carbocycles. The number of hydrogen-bond acceptors (Lipinski definition) is 3. The summed E-state index contributed by atoms with van der Waals surface area (Å²) in [7, 11) is 1.89. The van der Waals surface area contributed by atoms with E-state index in [2.05, 4.69) is 13.0 Å². The van der Waals surface area contributed by atoms with Crippen LogP contribution in [0.1, 0.15) is 22.3 Å². The van der Waals surface area contributed by atoms with Crippen LogP contribution in [-0.4, -0.2) is 17.1 Å². The predicted molar refractivity (Wildman–Crippen MR) is 61.5 cm³/mol. The van der Waals surface area contributed by atoms with Gasteiger partial charge in [0.15, 0.2) is 0 Å². The lowest BCUT2D eigenvalue weighted by molar-refractivity contribution is 0.0516. The molecule has 0 saturated carbocycles. The van der Waals surface area contributed by atoms with Crippen molar-refractivity contribution in [1.82, 2.24) is 4.57 Å². The Bertz CT molecular complexity index is 510. The summed E-state index contributed by atoms with van der Waals surface area (Å²) in [5, 5.41) is 1.11. The van der Waals surface area contributed by atoms with Gasteiger partial charge in [-0.3, -0.25) is 0 Å². The Morgan fingerprint density at radius 3 is 2.87 bits per heavy atom. The van der Waals surface area contributed by atoms with Gasteiger partial charge in [0.05, 0.1) is 6.61 Å². The molecule has 15 heavy (non-hydrogen) atoms. The van der Waals surface area contributed by atoms with Crippen LogP contribution in [0, 0.1) is 6.92 Å². The summed E-state index contributed by atoms with van der Waals surface area (Å²) >= 11 is 1.69. The summed E-state index contributed by atoms with van der Waals surface area (Å²) in [5.74, 6) is -0.249. The monoisotopic (exact) mass is 223 g/mol. The molecule has 0 bridgehead atoms. The zero-order valence-electron chi connectivity index (χ0n) is 9.03. The van der Waals surface area contributed by atoms with Crippen LogP contribution in [-0.2, 0) is 11.8 Å². The van der Waals surface area contributed by atoms with Gasteiger partial charge in [-0.1, -0.05) is 0 Å². The van der Waals surface area contributed by atoms with Crippen LogP contribution in [0.25, 0.3) is 10.2 Å². The van der Waals surface area contributed by atoms with Crippen molar-refractivity contribution in [2.45, 2.75) is 13.8 Å². The lowest BCUT2D eigenvalue weighted by atomic mass is 10.3. The fraction of sp³-hybridized carbons (Fsp3) is 0.364. The van der Waals surface area contributed by atoms with E-state index >= 15 is 0 Å². The van der Waals surface area contributed by atoms with Gasteiger partial charge in [-0.05, 0) is 26.0 Å². The van der Waals surface area contributed by atoms with Crippen LogP contribution in [0.2, 0.25) is 0 Å². The minimum absolute atomic E-state index is 0.249. The molecule has 0 radical (unpaired) electrons. The van der Waals surface area contributed by atoms with Gasteiger partial charge in [0.2, 0.25) is 0 Å². The molecule has 4 heteroatoms. The number of fused-ring (bicyclic) bond motifs is 1. The van der Waals surface area contributed by atoms with Crippen LogP contribution in [0.5, 0.6) is 0 Å². The highest BCUT2D eigenvalue weighted by atomic mass is 32.1. The molecule has 0 atom stereocenters. The maximum Gasteiger partial charge on any atom is 0.354 e. The van der Waals surface area contributed by atoms with Crippen LogP contribution in [0.4, 0.5) is 0 Å². The molecule has 0 aliphatic carbocycles. The zero-order chi connectivity index (χ0) is 11.0. The Kier molecular flexibility index (Phi) is 2.52. The number of aryl methyl sites for hydroxylation is 2. The first-order valence-corrected chi connectivity index (χ1v) is 5.68. The third-order valence-electron chi connectivity index (χ3n) is 2.31. The van der Waals surface area contributed by atoms with Crippen LogP contribution in [0.15, 0.2) is 12.1 Å². The Morgan fingerprint density at radius 2 is 2.27 bits per heavy atom. The van der Waals surface area contributed by atoms with Gasteiger partial charge in [-0.15, -0.1) is 11.3 Å². The third kappa shape index (κ3) is 1.65. The molecule has 0 unspecified atom stereocenters. The molecule has 0 amide bonds. The van der Waals surface area contributed by atoms with Crippen LogP contribution in [0.3, 0.4) is 0 Å². The van der Waals surface area contributed by atoms with Crippen molar-refractivity contribution in [3.63, 3.8) is 0 Å². The predicted octanol–water partition coefficient (Wildman–Crippen LogP) is 2.72. The van der Waals surface area contributed by atoms with Crippen LogP contribution >= 0.6 is 11.3 Å². The van der Waals surface area contributed by atoms with Crippen molar-refractivity contribution in [3.05, 3.63) is 22.7 Å². The molecule has 2 heterocycles. The molecule has 0 saturated heterocycles. The molecule has 2 rings (SSSR count). The van der Waals surface area contributed by atoms with E-state index in [1.54, 1.807) is 11.3 Å². The number of carbonyl (C=O) groups is 1. The molecule has 0 N–H and O–H groups in total. The Labute approximate surface area is 92.3 Å². The third-order valence-corrected chi connectivity index (χ3v) is 3.45. The van der Waals surface area contributed by atoms with Crippen molar-refractivity contribution < 1.29 is 9.53 Å². The molecular formula is C11H13NO2S. The van der Waals surface area contributed by atoms with Crippen LogP contribution < -0.4 is 0 Å². The van der Waals surface area contributed by atoms with E-state index < -0.39 is 0 Å². The molecule has 2 aromatic rings. The second kappa shape index (κ2) is 3.70. The van der Waals surface area contributed by atoms with Gasteiger partial charge in [0, 0.05) is 17.3 Å². The quantitative estimate of drug-likeness (QED) is 0.733. The lowest BCUT2D eigenvalue weighted by Gasteiger charge is -2.02. The summed E-state index contributed by atoms with van der Waals surface area (Å²) in [6, 6.07) is 3.97. The van der Waals surface area contributed by atoms with Gasteiger partial charge in [0.25, 0.3) is 0 Å². The smallest absolute Gasteiger partial charge is 0.354 e. The summed E-state index contributed by atoms with van der Waals surface area (Å²) in [4.78, 5) is 14.0. The largest absolute Gasteiger partial charge is 0.461 e. The fourth-order valence-electron chi connectivity index (χ4n) is 1.64. The molecule has 0 aliphatic heterocycles. The average molecular weight is 223 g/mol.